The Kier molecular flexibility index (Phi) is 7.10. The molecule has 34 heavy (non-hydrogen) atoms. The van der Waals surface area contributed by atoms with E-state index in [1.54, 1.807) is 5.01 Å². The van der Waals surface area contributed by atoms with Crippen LogP contribution in [0.25, 0.3) is 6.08 Å². The van der Waals surface area contributed by atoms with Gasteiger partial charge in [0.15, 0.2) is 0 Å². The van der Waals surface area contributed by atoms with Crippen molar-refractivity contribution in [2.45, 2.75) is 57.5 Å². The number of likely N-dealkylation sites (tertiary alicyclic amines) is 1. The summed E-state index contributed by atoms with van der Waals surface area (Å²) in [7, 11) is 0. The fourth-order valence-corrected chi connectivity index (χ4v) is 5.85. The Bertz CT molecular complexity index is 1090. The van der Waals surface area contributed by atoms with E-state index in [-0.39, 0.29) is 17.9 Å². The zero-order valence-corrected chi connectivity index (χ0v) is 21.1. The highest BCUT2D eigenvalue weighted by molar-refractivity contribution is 6.30. The third-order valence-electron chi connectivity index (χ3n) is 7.46. The third-order valence-corrected chi connectivity index (χ3v) is 7.96. The zero-order valence-electron chi connectivity index (χ0n) is 19.6. The maximum Gasteiger partial charge on any atom is 0.257 e. The van der Waals surface area contributed by atoms with Gasteiger partial charge in [0, 0.05) is 22.0 Å². The van der Waals surface area contributed by atoms with E-state index < -0.39 is 0 Å². The van der Waals surface area contributed by atoms with Gasteiger partial charge in [-0.2, -0.15) is 5.10 Å². The Balaban J connectivity index is 1.48. The Morgan fingerprint density at radius 3 is 2.41 bits per heavy atom. The Labute approximate surface area is 212 Å². The molecule has 2 fully saturated rings. The number of allylic oxidation sites excluding steroid dienone is 1. The summed E-state index contributed by atoms with van der Waals surface area (Å²) in [6, 6.07) is 16.2. The lowest BCUT2D eigenvalue weighted by atomic mass is 9.77. The number of hydrogen-bond donors (Lipinski definition) is 0. The molecule has 6 heteroatoms. The molecule has 3 unspecified atom stereocenters. The summed E-state index contributed by atoms with van der Waals surface area (Å²) >= 11 is 12.3. The standard InChI is InChI=1S/C28H31Cl2N3O/c1-19-5-2-3-16-32(19)18-26(34)33-28(21-10-14-24(30)15-11-21)25-7-4-6-22(27(25)31-33)17-20-8-12-23(29)13-9-20/h8-15,17,19,25,28H,2-7,16,18H2,1H3. The van der Waals surface area contributed by atoms with Crippen molar-refractivity contribution in [2.75, 3.05) is 13.1 Å². The summed E-state index contributed by atoms with van der Waals surface area (Å²) in [5, 5.41) is 8.24. The van der Waals surface area contributed by atoms with Crippen molar-refractivity contribution >= 4 is 40.9 Å². The van der Waals surface area contributed by atoms with E-state index in [0.717, 1.165) is 60.5 Å². The van der Waals surface area contributed by atoms with Crippen molar-refractivity contribution < 1.29 is 4.79 Å². The first-order valence-electron chi connectivity index (χ1n) is 12.4. The number of fused-ring (bicyclic) bond motifs is 1. The molecule has 1 saturated heterocycles. The molecule has 0 bridgehead atoms. The van der Waals surface area contributed by atoms with Crippen LogP contribution >= 0.6 is 23.2 Å². The van der Waals surface area contributed by atoms with Crippen LogP contribution < -0.4 is 0 Å². The Morgan fingerprint density at radius 2 is 1.71 bits per heavy atom. The SMILES string of the molecule is CC1CCCCN1CC(=O)N1N=C2C(=Cc3ccc(Cl)cc3)CCCC2C1c1ccc(Cl)cc1. The second-order valence-corrected chi connectivity index (χ2v) is 10.6. The normalized spacial score (nSPS) is 26.4. The number of rotatable bonds is 4. The van der Waals surface area contributed by atoms with E-state index >= 15 is 0 Å². The van der Waals surface area contributed by atoms with Crippen LogP contribution in [0.15, 0.2) is 59.2 Å². The Hall–Kier alpha value is -2.14. The van der Waals surface area contributed by atoms with Crippen LogP contribution in [0.5, 0.6) is 0 Å². The number of halogens is 2. The van der Waals surface area contributed by atoms with Gasteiger partial charge in [-0.25, -0.2) is 5.01 Å². The molecule has 178 valence electrons. The third kappa shape index (κ3) is 4.95. The van der Waals surface area contributed by atoms with Gasteiger partial charge in [0.1, 0.15) is 0 Å². The van der Waals surface area contributed by atoms with Crippen LogP contribution in [-0.2, 0) is 4.79 Å². The molecule has 0 N–H and O–H groups in total. The molecule has 1 amide bonds. The van der Waals surface area contributed by atoms with E-state index in [4.69, 9.17) is 28.3 Å². The summed E-state index contributed by atoms with van der Waals surface area (Å²) < 4.78 is 0. The van der Waals surface area contributed by atoms with Gasteiger partial charge in [-0.3, -0.25) is 9.69 Å². The first kappa shape index (κ1) is 23.6. The highest BCUT2D eigenvalue weighted by Gasteiger charge is 2.44. The van der Waals surface area contributed by atoms with Gasteiger partial charge in [-0.05, 0) is 92.6 Å². The fourth-order valence-electron chi connectivity index (χ4n) is 5.60. The number of carbonyl (C=O) groups excluding carboxylic acids is 1. The maximum atomic E-state index is 13.7. The highest BCUT2D eigenvalue weighted by Crippen LogP contribution is 2.44. The summed E-state index contributed by atoms with van der Waals surface area (Å²) in [5.74, 6) is 0.276. The van der Waals surface area contributed by atoms with Crippen LogP contribution in [0, 0.1) is 5.92 Å². The minimum Gasteiger partial charge on any atom is -0.292 e. The van der Waals surface area contributed by atoms with Gasteiger partial charge in [0.2, 0.25) is 0 Å². The van der Waals surface area contributed by atoms with Crippen LogP contribution in [0.3, 0.4) is 0 Å². The molecule has 1 saturated carbocycles. The van der Waals surface area contributed by atoms with Crippen molar-refractivity contribution in [3.05, 3.63) is 75.3 Å². The number of amides is 1. The average molecular weight is 496 g/mol. The van der Waals surface area contributed by atoms with E-state index in [2.05, 4.69) is 17.9 Å². The van der Waals surface area contributed by atoms with Gasteiger partial charge in [0.05, 0.1) is 18.3 Å². The van der Waals surface area contributed by atoms with Gasteiger partial charge in [-0.15, -0.1) is 0 Å². The molecule has 0 spiro atoms. The second-order valence-electron chi connectivity index (χ2n) is 9.76. The summed E-state index contributed by atoms with van der Waals surface area (Å²) in [4.78, 5) is 16.0. The molecule has 2 aromatic rings. The first-order chi connectivity index (χ1) is 16.5. The lowest BCUT2D eigenvalue weighted by Crippen LogP contribution is -2.45. The lowest BCUT2D eigenvalue weighted by Gasteiger charge is -2.35. The number of hydrogen-bond acceptors (Lipinski definition) is 3. The van der Waals surface area contributed by atoms with Gasteiger partial charge in [0.25, 0.3) is 5.91 Å². The van der Waals surface area contributed by atoms with Crippen molar-refractivity contribution in [2.24, 2.45) is 11.0 Å². The minimum absolute atomic E-state index is 0.0847. The predicted octanol–water partition coefficient (Wildman–Crippen LogP) is 6.99. The molecule has 4 nitrogen and oxygen atoms in total. The second kappa shape index (κ2) is 10.2. The van der Waals surface area contributed by atoms with Crippen LogP contribution in [0.2, 0.25) is 10.0 Å². The minimum atomic E-state index is -0.0891. The summed E-state index contributed by atoms with van der Waals surface area (Å²) in [6.07, 6.45) is 8.83. The molecule has 2 aliphatic heterocycles. The predicted molar refractivity (Wildman–Crippen MR) is 140 cm³/mol. The zero-order chi connectivity index (χ0) is 23.7. The van der Waals surface area contributed by atoms with E-state index in [1.807, 2.05) is 48.5 Å². The fraction of sp³-hybridized carbons (Fsp3) is 0.429. The Morgan fingerprint density at radius 1 is 1.00 bits per heavy atom. The van der Waals surface area contributed by atoms with Gasteiger partial charge >= 0.3 is 0 Å². The highest BCUT2D eigenvalue weighted by atomic mass is 35.5. The molecular formula is C28H31Cl2N3O. The van der Waals surface area contributed by atoms with E-state index in [9.17, 15) is 4.79 Å². The summed E-state index contributed by atoms with van der Waals surface area (Å²) in [6.45, 7) is 3.63. The average Bonchev–Trinajstić information content (AvgIpc) is 3.23. The molecule has 3 atom stereocenters. The quantitative estimate of drug-likeness (QED) is 0.457. The first-order valence-corrected chi connectivity index (χ1v) is 13.1. The van der Waals surface area contributed by atoms with Crippen LogP contribution in [0.1, 0.15) is 62.6 Å². The molecular weight excluding hydrogens is 465 g/mol. The molecule has 5 rings (SSSR count). The molecule has 0 radical (unpaired) electrons. The smallest absolute Gasteiger partial charge is 0.257 e. The number of benzene rings is 2. The molecule has 2 heterocycles. The van der Waals surface area contributed by atoms with Crippen molar-refractivity contribution in [1.82, 2.24) is 9.91 Å². The molecule has 2 aromatic carbocycles. The van der Waals surface area contributed by atoms with Crippen LogP contribution in [-0.4, -0.2) is 40.7 Å². The number of piperidine rings is 1. The molecule has 3 aliphatic rings. The van der Waals surface area contributed by atoms with Gasteiger partial charge < -0.3 is 0 Å². The number of nitrogens with zero attached hydrogens (tertiary/aromatic N) is 3. The summed E-state index contributed by atoms with van der Waals surface area (Å²) in [5.41, 5.74) is 4.49. The van der Waals surface area contributed by atoms with E-state index in [0.29, 0.717) is 17.6 Å². The largest absolute Gasteiger partial charge is 0.292 e. The lowest BCUT2D eigenvalue weighted by molar-refractivity contribution is -0.135. The number of hydrazone groups is 1. The van der Waals surface area contributed by atoms with Crippen molar-refractivity contribution in [1.29, 1.82) is 0 Å². The van der Waals surface area contributed by atoms with Gasteiger partial charge in [-0.1, -0.05) is 53.9 Å². The molecule has 1 aliphatic carbocycles. The monoisotopic (exact) mass is 495 g/mol. The topological polar surface area (TPSA) is 35.9 Å². The van der Waals surface area contributed by atoms with E-state index in [1.165, 1.54) is 12.0 Å². The van der Waals surface area contributed by atoms with Crippen molar-refractivity contribution in [3.8, 4) is 0 Å². The van der Waals surface area contributed by atoms with Crippen molar-refractivity contribution in [3.63, 3.8) is 0 Å². The maximum absolute atomic E-state index is 13.7. The molecule has 0 aromatic heterocycles. The number of carbonyl (C=O) groups is 1. The van der Waals surface area contributed by atoms with Crippen LogP contribution in [0.4, 0.5) is 0 Å².